The number of H-pyrrole nitrogens is 1. The highest BCUT2D eigenvalue weighted by Gasteiger charge is 2.23. The van der Waals surface area contributed by atoms with E-state index in [0.29, 0.717) is 11.7 Å². The lowest BCUT2D eigenvalue weighted by atomic mass is 9.85. The molecular weight excluding hydrogens is 358 g/mol. The van der Waals surface area contributed by atoms with Crippen molar-refractivity contribution in [3.63, 3.8) is 0 Å². The molecule has 0 atom stereocenters. The van der Waals surface area contributed by atoms with Crippen LogP contribution >= 0.6 is 0 Å². The number of rotatable bonds is 8. The number of anilines is 1. The molecule has 0 bridgehead atoms. The van der Waals surface area contributed by atoms with Gasteiger partial charge in [-0.2, -0.15) is 4.98 Å². The molecule has 10 heteroatoms. The Kier molecular flexibility index (Phi) is 5.52. The Morgan fingerprint density at radius 1 is 1.31 bits per heavy atom. The molecule has 0 saturated heterocycles. The first-order valence-corrected chi connectivity index (χ1v) is 9.82. The molecule has 3 rings (SSSR count). The monoisotopic (exact) mass is 379 g/mol. The first-order valence-electron chi connectivity index (χ1n) is 8.34. The first-order chi connectivity index (χ1) is 12.5. The third-order valence-electron chi connectivity index (χ3n) is 4.26. The van der Waals surface area contributed by atoms with E-state index in [9.17, 15) is 13.2 Å². The van der Waals surface area contributed by atoms with Crippen molar-refractivity contribution in [2.24, 2.45) is 0 Å². The average molecular weight is 379 g/mol. The van der Waals surface area contributed by atoms with Crippen molar-refractivity contribution in [3.05, 3.63) is 30.1 Å². The van der Waals surface area contributed by atoms with Crippen molar-refractivity contribution in [2.45, 2.75) is 36.5 Å². The molecule has 1 aromatic carbocycles. The Hall–Kier alpha value is -2.46. The number of aromatic amines is 1. The summed E-state index contributed by atoms with van der Waals surface area (Å²) < 4.78 is 31.7. The zero-order valence-corrected chi connectivity index (χ0v) is 15.2. The fourth-order valence-electron chi connectivity index (χ4n) is 2.52. The highest BCUT2D eigenvalue weighted by molar-refractivity contribution is 7.89. The van der Waals surface area contributed by atoms with E-state index in [1.165, 1.54) is 25.7 Å². The van der Waals surface area contributed by atoms with Gasteiger partial charge in [-0.05, 0) is 37.1 Å². The van der Waals surface area contributed by atoms with Crippen LogP contribution in [0.15, 0.2) is 29.2 Å². The standard InChI is InChI=1S/C16H21N5O4S/c1-25-12-5-7-13(8-6-12)26(23,24)17-10-9-14(22)18-16-19-15(20-21-16)11-3-2-4-11/h5-8,11,17H,2-4,9-10H2,1H3,(H2,18,19,20,21,22). The van der Waals surface area contributed by atoms with Gasteiger partial charge in [-0.15, -0.1) is 5.10 Å². The minimum absolute atomic E-state index is 0.0251. The molecule has 1 saturated carbocycles. The van der Waals surface area contributed by atoms with Gasteiger partial charge in [0.05, 0.1) is 12.0 Å². The topological polar surface area (TPSA) is 126 Å². The minimum Gasteiger partial charge on any atom is -0.497 e. The van der Waals surface area contributed by atoms with E-state index >= 15 is 0 Å². The molecule has 0 unspecified atom stereocenters. The van der Waals surface area contributed by atoms with Crippen molar-refractivity contribution in [3.8, 4) is 5.75 Å². The van der Waals surface area contributed by atoms with Crippen LogP contribution in [-0.4, -0.2) is 43.2 Å². The van der Waals surface area contributed by atoms with Crippen LogP contribution in [-0.2, 0) is 14.8 Å². The normalized spacial score (nSPS) is 14.7. The molecule has 1 amide bonds. The largest absolute Gasteiger partial charge is 0.497 e. The molecule has 0 aliphatic heterocycles. The van der Waals surface area contributed by atoms with E-state index < -0.39 is 10.0 Å². The fraction of sp³-hybridized carbons (Fsp3) is 0.438. The van der Waals surface area contributed by atoms with Crippen LogP contribution in [0.3, 0.4) is 0 Å². The molecule has 0 radical (unpaired) electrons. The summed E-state index contributed by atoms with van der Waals surface area (Å²) in [5.41, 5.74) is 0. The molecule has 0 spiro atoms. The quantitative estimate of drug-likeness (QED) is 0.636. The summed E-state index contributed by atoms with van der Waals surface area (Å²) >= 11 is 0. The van der Waals surface area contributed by atoms with Crippen LogP contribution in [0.1, 0.15) is 37.4 Å². The molecule has 26 heavy (non-hydrogen) atoms. The maximum atomic E-state index is 12.2. The molecule has 1 fully saturated rings. The van der Waals surface area contributed by atoms with Gasteiger partial charge in [0.25, 0.3) is 0 Å². The van der Waals surface area contributed by atoms with Gasteiger partial charge in [0.1, 0.15) is 11.6 Å². The number of hydrogen-bond acceptors (Lipinski definition) is 6. The summed E-state index contributed by atoms with van der Waals surface area (Å²) in [6.07, 6.45) is 3.32. The van der Waals surface area contributed by atoms with E-state index in [0.717, 1.165) is 18.7 Å². The first kappa shape index (κ1) is 18.3. The number of nitrogens with zero attached hydrogens (tertiary/aromatic N) is 2. The van der Waals surface area contributed by atoms with Crippen molar-refractivity contribution in [2.75, 3.05) is 19.0 Å². The number of carbonyl (C=O) groups is 1. The van der Waals surface area contributed by atoms with Gasteiger partial charge in [-0.1, -0.05) is 6.42 Å². The van der Waals surface area contributed by atoms with Gasteiger partial charge in [-0.3, -0.25) is 15.2 Å². The molecule has 3 N–H and O–H groups in total. The Labute approximate surface area is 151 Å². The Morgan fingerprint density at radius 2 is 2.04 bits per heavy atom. The van der Waals surface area contributed by atoms with Crippen LogP contribution in [0.4, 0.5) is 5.95 Å². The number of sulfonamides is 1. The smallest absolute Gasteiger partial charge is 0.248 e. The summed E-state index contributed by atoms with van der Waals surface area (Å²) in [6.45, 7) is -0.0277. The third kappa shape index (κ3) is 4.38. The van der Waals surface area contributed by atoms with Crippen LogP contribution in [0.2, 0.25) is 0 Å². The summed E-state index contributed by atoms with van der Waals surface area (Å²) in [7, 11) is -2.18. The molecule has 1 aliphatic rings. The maximum absolute atomic E-state index is 12.2. The van der Waals surface area contributed by atoms with E-state index in [1.54, 1.807) is 12.1 Å². The fourth-order valence-corrected chi connectivity index (χ4v) is 3.55. The number of amides is 1. The number of hydrogen-bond donors (Lipinski definition) is 3. The number of nitrogens with one attached hydrogen (secondary N) is 3. The molecule has 9 nitrogen and oxygen atoms in total. The highest BCUT2D eigenvalue weighted by atomic mass is 32.2. The number of aromatic nitrogens is 3. The van der Waals surface area contributed by atoms with Crippen LogP contribution in [0, 0.1) is 0 Å². The Morgan fingerprint density at radius 3 is 2.65 bits per heavy atom. The lowest BCUT2D eigenvalue weighted by Gasteiger charge is -2.22. The molecular formula is C16H21N5O4S. The minimum atomic E-state index is -3.68. The lowest BCUT2D eigenvalue weighted by Crippen LogP contribution is -2.28. The Bertz CT molecular complexity index is 859. The Balaban J connectivity index is 1.47. The average Bonchev–Trinajstić information content (AvgIpc) is 3.00. The van der Waals surface area contributed by atoms with Gasteiger partial charge in [0, 0.05) is 18.9 Å². The van der Waals surface area contributed by atoms with Crippen molar-refractivity contribution in [1.29, 1.82) is 0 Å². The highest BCUT2D eigenvalue weighted by Crippen LogP contribution is 2.34. The number of benzene rings is 1. The molecule has 1 aliphatic carbocycles. The third-order valence-corrected chi connectivity index (χ3v) is 5.74. The molecule has 1 heterocycles. The van der Waals surface area contributed by atoms with Crippen molar-refractivity contribution in [1.82, 2.24) is 19.9 Å². The second-order valence-electron chi connectivity index (χ2n) is 6.04. The summed E-state index contributed by atoms with van der Waals surface area (Å²) in [5, 5.41) is 9.35. The second kappa shape index (κ2) is 7.83. The molecule has 1 aromatic heterocycles. The zero-order valence-electron chi connectivity index (χ0n) is 14.4. The molecule has 140 valence electrons. The number of carbonyl (C=O) groups excluding carboxylic acids is 1. The second-order valence-corrected chi connectivity index (χ2v) is 7.81. The van der Waals surface area contributed by atoms with Crippen LogP contribution in [0.5, 0.6) is 5.75 Å². The lowest BCUT2D eigenvalue weighted by molar-refractivity contribution is -0.116. The van der Waals surface area contributed by atoms with Gasteiger partial charge in [-0.25, -0.2) is 13.1 Å². The summed E-state index contributed by atoms with van der Waals surface area (Å²) in [6, 6.07) is 6.00. The predicted molar refractivity (Wildman–Crippen MR) is 94.4 cm³/mol. The SMILES string of the molecule is COc1ccc(S(=O)(=O)NCCC(=O)Nc2n[nH]c(C3CCC3)n2)cc1. The van der Waals surface area contributed by atoms with Crippen LogP contribution in [0.25, 0.3) is 0 Å². The van der Waals surface area contributed by atoms with Gasteiger partial charge in [0.15, 0.2) is 0 Å². The van der Waals surface area contributed by atoms with Gasteiger partial charge in [0.2, 0.25) is 21.9 Å². The van der Waals surface area contributed by atoms with E-state index in [2.05, 4.69) is 25.2 Å². The summed E-state index contributed by atoms with van der Waals surface area (Å²) in [4.78, 5) is 16.3. The summed E-state index contributed by atoms with van der Waals surface area (Å²) in [5.74, 6) is 1.60. The molecule has 2 aromatic rings. The van der Waals surface area contributed by atoms with E-state index in [1.807, 2.05) is 0 Å². The zero-order chi connectivity index (χ0) is 18.6. The van der Waals surface area contributed by atoms with Crippen molar-refractivity contribution < 1.29 is 17.9 Å². The number of methoxy groups -OCH3 is 1. The maximum Gasteiger partial charge on any atom is 0.248 e. The van der Waals surface area contributed by atoms with Gasteiger partial charge < -0.3 is 4.74 Å². The van der Waals surface area contributed by atoms with E-state index in [-0.39, 0.29) is 29.7 Å². The number of ether oxygens (including phenoxy) is 1. The van der Waals surface area contributed by atoms with Gasteiger partial charge >= 0.3 is 0 Å². The van der Waals surface area contributed by atoms with Crippen LogP contribution < -0.4 is 14.8 Å². The van der Waals surface area contributed by atoms with E-state index in [4.69, 9.17) is 4.74 Å². The van der Waals surface area contributed by atoms with Crippen molar-refractivity contribution >= 4 is 21.9 Å². The predicted octanol–water partition coefficient (Wildman–Crippen LogP) is 1.39.